The molecule has 2 atom stereocenters. The number of hydrogen-bond acceptors (Lipinski definition) is 3. The molecule has 2 unspecified atom stereocenters. The van der Waals surface area contributed by atoms with Gasteiger partial charge in [-0.1, -0.05) is 6.92 Å². The first-order valence-electron chi connectivity index (χ1n) is 7.33. The molecule has 2 rings (SSSR count). The van der Waals surface area contributed by atoms with E-state index in [2.05, 4.69) is 17.6 Å². The van der Waals surface area contributed by atoms with Gasteiger partial charge in [0, 0.05) is 19.2 Å². The smallest absolute Gasteiger partial charge is 0.236 e. The van der Waals surface area contributed by atoms with Crippen LogP contribution in [0.3, 0.4) is 0 Å². The van der Waals surface area contributed by atoms with E-state index in [1.54, 1.807) is 0 Å². The summed E-state index contributed by atoms with van der Waals surface area (Å²) in [7, 11) is 0. The molecule has 1 heterocycles. The zero-order valence-electron chi connectivity index (χ0n) is 11.6. The second kappa shape index (κ2) is 6.02. The average molecular weight is 254 g/mol. The fraction of sp³-hybridized carbons (Fsp3) is 0.929. The van der Waals surface area contributed by atoms with E-state index in [1.165, 1.54) is 19.3 Å². The lowest BCUT2D eigenvalue weighted by Gasteiger charge is -2.47. The maximum absolute atomic E-state index is 11.8. The molecule has 1 amide bonds. The summed E-state index contributed by atoms with van der Waals surface area (Å²) < 4.78 is 5.90. The summed E-state index contributed by atoms with van der Waals surface area (Å²) in [6.07, 6.45) is 6.76. The number of ether oxygens (including phenoxy) is 1. The van der Waals surface area contributed by atoms with Gasteiger partial charge in [-0.05, 0) is 45.4 Å². The number of nitrogens with one attached hydrogen (secondary N) is 2. The van der Waals surface area contributed by atoms with Crippen molar-refractivity contribution < 1.29 is 9.53 Å². The zero-order chi connectivity index (χ0) is 13.0. The fourth-order valence-corrected chi connectivity index (χ4v) is 2.92. The molecule has 2 N–H and O–H groups in total. The fourth-order valence-electron chi connectivity index (χ4n) is 2.92. The topological polar surface area (TPSA) is 50.4 Å². The van der Waals surface area contributed by atoms with Crippen LogP contribution in [0, 0.1) is 0 Å². The van der Waals surface area contributed by atoms with Crippen LogP contribution in [0.25, 0.3) is 0 Å². The maximum atomic E-state index is 11.8. The van der Waals surface area contributed by atoms with Gasteiger partial charge in [0.2, 0.25) is 5.91 Å². The molecule has 0 radical (unpaired) electrons. The second-order valence-corrected chi connectivity index (χ2v) is 5.75. The molecule has 0 aromatic rings. The highest BCUT2D eigenvalue weighted by Gasteiger charge is 2.42. The van der Waals surface area contributed by atoms with Crippen LogP contribution in [0.2, 0.25) is 0 Å². The van der Waals surface area contributed by atoms with E-state index in [9.17, 15) is 4.79 Å². The Hall–Kier alpha value is -0.610. The van der Waals surface area contributed by atoms with Crippen LogP contribution in [-0.4, -0.2) is 36.7 Å². The van der Waals surface area contributed by atoms with Crippen LogP contribution in [0.5, 0.6) is 0 Å². The third-order valence-electron chi connectivity index (χ3n) is 4.19. The summed E-state index contributed by atoms with van der Waals surface area (Å²) >= 11 is 0. The van der Waals surface area contributed by atoms with Gasteiger partial charge in [0.25, 0.3) is 0 Å². The quantitative estimate of drug-likeness (QED) is 0.783. The molecule has 1 spiro atoms. The first-order valence-corrected chi connectivity index (χ1v) is 7.33. The van der Waals surface area contributed by atoms with Gasteiger partial charge in [0.1, 0.15) is 0 Å². The molecule has 0 aromatic heterocycles. The van der Waals surface area contributed by atoms with E-state index in [1.807, 2.05) is 6.92 Å². The Labute approximate surface area is 110 Å². The molecule has 2 aliphatic rings. The largest absolute Gasteiger partial charge is 0.375 e. The molecular weight excluding hydrogens is 228 g/mol. The van der Waals surface area contributed by atoms with Gasteiger partial charge in [-0.2, -0.15) is 0 Å². The zero-order valence-corrected chi connectivity index (χ0v) is 11.6. The molecule has 1 aliphatic carbocycles. The van der Waals surface area contributed by atoms with E-state index in [0.29, 0.717) is 6.04 Å². The summed E-state index contributed by atoms with van der Waals surface area (Å²) in [4.78, 5) is 11.8. The first kappa shape index (κ1) is 13.8. The average Bonchev–Trinajstić information content (AvgIpc) is 2.34. The Morgan fingerprint density at radius 3 is 2.89 bits per heavy atom. The minimum Gasteiger partial charge on any atom is -0.375 e. The summed E-state index contributed by atoms with van der Waals surface area (Å²) in [6.45, 7) is 5.62. The molecule has 2 fully saturated rings. The van der Waals surface area contributed by atoms with Crippen LogP contribution in [-0.2, 0) is 9.53 Å². The van der Waals surface area contributed by atoms with E-state index in [4.69, 9.17) is 4.74 Å². The lowest BCUT2D eigenvalue weighted by Crippen LogP contribution is -2.54. The molecule has 1 aliphatic heterocycles. The Kier molecular flexibility index (Phi) is 4.62. The van der Waals surface area contributed by atoms with Crippen molar-refractivity contribution >= 4 is 5.91 Å². The van der Waals surface area contributed by atoms with Crippen molar-refractivity contribution in [3.05, 3.63) is 0 Å². The van der Waals surface area contributed by atoms with Crippen LogP contribution in [0.1, 0.15) is 52.4 Å². The summed E-state index contributed by atoms with van der Waals surface area (Å²) in [5.74, 6) is 0.117. The molecule has 104 valence electrons. The highest BCUT2D eigenvalue weighted by molar-refractivity contribution is 5.81. The van der Waals surface area contributed by atoms with Gasteiger partial charge in [0.05, 0.1) is 11.6 Å². The molecule has 18 heavy (non-hydrogen) atoms. The molecule has 4 heteroatoms. The van der Waals surface area contributed by atoms with Crippen molar-refractivity contribution in [2.24, 2.45) is 0 Å². The number of hydrogen-bond donors (Lipinski definition) is 2. The van der Waals surface area contributed by atoms with E-state index >= 15 is 0 Å². The Bertz CT molecular complexity index is 290. The lowest BCUT2D eigenvalue weighted by molar-refractivity contribution is -0.138. The van der Waals surface area contributed by atoms with Crippen molar-refractivity contribution in [3.63, 3.8) is 0 Å². The third-order valence-corrected chi connectivity index (χ3v) is 4.19. The van der Waals surface area contributed by atoms with E-state index in [-0.39, 0.29) is 17.6 Å². The van der Waals surface area contributed by atoms with Gasteiger partial charge in [-0.15, -0.1) is 0 Å². The lowest BCUT2D eigenvalue weighted by atomic mass is 9.74. The van der Waals surface area contributed by atoms with Crippen molar-refractivity contribution in [1.82, 2.24) is 10.6 Å². The maximum Gasteiger partial charge on any atom is 0.236 e. The second-order valence-electron chi connectivity index (χ2n) is 5.75. The van der Waals surface area contributed by atoms with Crippen molar-refractivity contribution in [3.8, 4) is 0 Å². The van der Waals surface area contributed by atoms with Crippen molar-refractivity contribution in [2.75, 3.05) is 13.2 Å². The van der Waals surface area contributed by atoms with Gasteiger partial charge >= 0.3 is 0 Å². The SMILES string of the molecule is CCCNC(=O)C(C)NC1CCOC2(CCC2)C1. The van der Waals surface area contributed by atoms with Crippen molar-refractivity contribution in [2.45, 2.75) is 70.1 Å². The summed E-state index contributed by atoms with van der Waals surface area (Å²) in [6, 6.07) is 0.332. The van der Waals surface area contributed by atoms with Crippen LogP contribution >= 0.6 is 0 Å². The normalized spacial score (nSPS) is 27.6. The van der Waals surface area contributed by atoms with Gasteiger partial charge in [0.15, 0.2) is 0 Å². The van der Waals surface area contributed by atoms with E-state index < -0.39 is 0 Å². The minimum atomic E-state index is -0.100. The number of amides is 1. The molecule has 1 saturated heterocycles. The van der Waals surface area contributed by atoms with Crippen LogP contribution in [0.4, 0.5) is 0 Å². The highest BCUT2D eigenvalue weighted by atomic mass is 16.5. The first-order chi connectivity index (χ1) is 8.65. The molecule has 4 nitrogen and oxygen atoms in total. The van der Waals surface area contributed by atoms with Gasteiger partial charge in [-0.25, -0.2) is 0 Å². The predicted molar refractivity (Wildman–Crippen MR) is 71.5 cm³/mol. The van der Waals surface area contributed by atoms with Gasteiger partial charge < -0.3 is 15.4 Å². The Balaban J connectivity index is 1.76. The molecule has 0 aromatic carbocycles. The molecular formula is C14H26N2O2. The summed E-state index contributed by atoms with van der Waals surface area (Å²) in [5, 5.41) is 6.40. The number of carbonyl (C=O) groups is 1. The highest BCUT2D eigenvalue weighted by Crippen LogP contribution is 2.42. The van der Waals surface area contributed by atoms with Crippen molar-refractivity contribution in [1.29, 1.82) is 0 Å². The van der Waals surface area contributed by atoms with Gasteiger partial charge in [-0.3, -0.25) is 4.79 Å². The minimum absolute atomic E-state index is 0.100. The Morgan fingerprint density at radius 2 is 2.28 bits per heavy atom. The number of rotatable bonds is 5. The third kappa shape index (κ3) is 3.23. The monoisotopic (exact) mass is 254 g/mol. The Morgan fingerprint density at radius 1 is 1.50 bits per heavy atom. The standard InChI is InChI=1S/C14H26N2O2/c1-3-8-15-13(17)11(2)16-12-5-9-18-14(10-12)6-4-7-14/h11-12,16H,3-10H2,1-2H3,(H,15,17). The van der Waals surface area contributed by atoms with E-state index in [0.717, 1.165) is 32.4 Å². The summed E-state index contributed by atoms with van der Waals surface area (Å²) in [5.41, 5.74) is 0.148. The van der Waals surface area contributed by atoms with Crippen LogP contribution in [0.15, 0.2) is 0 Å². The number of carbonyl (C=O) groups excluding carboxylic acids is 1. The molecule has 0 bridgehead atoms. The molecule has 1 saturated carbocycles. The van der Waals surface area contributed by atoms with Crippen LogP contribution < -0.4 is 10.6 Å². The predicted octanol–water partition coefficient (Wildman–Crippen LogP) is 1.59.